The molecule has 0 unspecified atom stereocenters. The quantitative estimate of drug-likeness (QED) is 0.868. The molecular formula is C12H11BrClN3. The van der Waals surface area contributed by atoms with Gasteiger partial charge in [-0.15, -0.1) is 6.58 Å². The third kappa shape index (κ3) is 2.70. The van der Waals surface area contributed by atoms with Crippen LogP contribution in [0.5, 0.6) is 0 Å². The topological polar surface area (TPSA) is 29.9 Å². The van der Waals surface area contributed by atoms with Crippen LogP contribution in [0.25, 0.3) is 5.69 Å². The number of aromatic nitrogens is 2. The van der Waals surface area contributed by atoms with E-state index in [4.69, 9.17) is 11.6 Å². The van der Waals surface area contributed by atoms with Crippen molar-refractivity contribution in [1.29, 1.82) is 0 Å². The van der Waals surface area contributed by atoms with Crippen molar-refractivity contribution >= 4 is 33.5 Å². The smallest absolute Gasteiger partial charge is 0.207 e. The van der Waals surface area contributed by atoms with Crippen LogP contribution in [0.1, 0.15) is 0 Å². The Balaban J connectivity index is 2.42. The standard InChI is InChI=1S/C12H11BrClN3/c1-2-5-15-12-16-6-7-17(12)11-8-9(14)3-4-10(11)13/h2-4,6-8H,1,5H2,(H,15,16). The Morgan fingerprint density at radius 1 is 1.53 bits per heavy atom. The SMILES string of the molecule is C=CCNc1nccn1-c1cc(Cl)ccc1Br. The molecule has 0 fully saturated rings. The van der Waals surface area contributed by atoms with E-state index in [1.54, 1.807) is 12.3 Å². The van der Waals surface area contributed by atoms with Crippen LogP contribution in [-0.2, 0) is 0 Å². The van der Waals surface area contributed by atoms with Crippen LogP contribution in [-0.4, -0.2) is 16.1 Å². The molecule has 2 aromatic rings. The monoisotopic (exact) mass is 311 g/mol. The number of anilines is 1. The third-order valence-corrected chi connectivity index (χ3v) is 3.12. The van der Waals surface area contributed by atoms with E-state index in [1.807, 2.05) is 29.0 Å². The minimum atomic E-state index is 0.662. The highest BCUT2D eigenvalue weighted by Crippen LogP contribution is 2.26. The molecule has 1 N–H and O–H groups in total. The Kier molecular flexibility index (Phi) is 3.86. The lowest BCUT2D eigenvalue weighted by Crippen LogP contribution is -2.06. The minimum Gasteiger partial charge on any atom is -0.352 e. The molecule has 88 valence electrons. The van der Waals surface area contributed by atoms with E-state index < -0.39 is 0 Å². The molecule has 3 nitrogen and oxygen atoms in total. The first-order valence-electron chi connectivity index (χ1n) is 5.06. The molecule has 0 aliphatic carbocycles. The predicted octanol–water partition coefficient (Wildman–Crippen LogP) is 3.89. The summed E-state index contributed by atoms with van der Waals surface area (Å²) in [7, 11) is 0. The second kappa shape index (κ2) is 5.38. The van der Waals surface area contributed by atoms with Gasteiger partial charge < -0.3 is 5.32 Å². The number of imidazole rings is 1. The first-order chi connectivity index (χ1) is 8.22. The number of halogens is 2. The average molecular weight is 313 g/mol. The molecule has 17 heavy (non-hydrogen) atoms. The molecule has 0 aliphatic heterocycles. The van der Waals surface area contributed by atoms with Crippen LogP contribution in [0.15, 0.2) is 47.7 Å². The summed E-state index contributed by atoms with van der Waals surface area (Å²) < 4.78 is 2.89. The molecule has 0 spiro atoms. The molecule has 0 amide bonds. The van der Waals surface area contributed by atoms with Gasteiger partial charge in [-0.05, 0) is 34.1 Å². The Hall–Kier alpha value is -1.26. The fourth-order valence-corrected chi connectivity index (χ4v) is 2.07. The summed E-state index contributed by atoms with van der Waals surface area (Å²) in [5, 5.41) is 3.84. The van der Waals surface area contributed by atoms with E-state index in [1.165, 1.54) is 0 Å². The van der Waals surface area contributed by atoms with Crippen molar-refractivity contribution in [3.63, 3.8) is 0 Å². The Morgan fingerprint density at radius 2 is 2.35 bits per heavy atom. The largest absolute Gasteiger partial charge is 0.352 e. The first kappa shape index (κ1) is 12.2. The maximum atomic E-state index is 6.00. The van der Waals surface area contributed by atoms with Gasteiger partial charge >= 0.3 is 0 Å². The molecule has 0 radical (unpaired) electrons. The Morgan fingerprint density at radius 3 is 3.12 bits per heavy atom. The van der Waals surface area contributed by atoms with E-state index in [9.17, 15) is 0 Å². The van der Waals surface area contributed by atoms with Crippen LogP contribution in [0.3, 0.4) is 0 Å². The molecule has 2 rings (SSSR count). The van der Waals surface area contributed by atoms with Crippen molar-refractivity contribution in [3.8, 4) is 5.69 Å². The summed E-state index contributed by atoms with van der Waals surface area (Å²) in [5.74, 6) is 0.757. The van der Waals surface area contributed by atoms with Crippen molar-refractivity contribution in [2.75, 3.05) is 11.9 Å². The van der Waals surface area contributed by atoms with E-state index in [2.05, 4.69) is 32.8 Å². The molecule has 0 saturated heterocycles. The van der Waals surface area contributed by atoms with Crippen molar-refractivity contribution < 1.29 is 0 Å². The summed E-state index contributed by atoms with van der Waals surface area (Å²) >= 11 is 9.50. The van der Waals surface area contributed by atoms with Gasteiger partial charge in [-0.2, -0.15) is 0 Å². The molecule has 0 aliphatic rings. The number of hydrogen-bond acceptors (Lipinski definition) is 2. The zero-order chi connectivity index (χ0) is 12.3. The van der Waals surface area contributed by atoms with Gasteiger partial charge in [0.05, 0.1) is 5.69 Å². The molecule has 5 heteroatoms. The highest BCUT2D eigenvalue weighted by molar-refractivity contribution is 9.10. The van der Waals surface area contributed by atoms with Gasteiger partial charge in [0.15, 0.2) is 0 Å². The van der Waals surface area contributed by atoms with Gasteiger partial charge in [-0.1, -0.05) is 17.7 Å². The fraction of sp³-hybridized carbons (Fsp3) is 0.0833. The Bertz CT molecular complexity index is 536. The van der Waals surface area contributed by atoms with Gasteiger partial charge in [0.25, 0.3) is 0 Å². The van der Waals surface area contributed by atoms with Crippen molar-refractivity contribution in [3.05, 3.63) is 52.7 Å². The predicted molar refractivity (Wildman–Crippen MR) is 75.0 cm³/mol. The van der Waals surface area contributed by atoms with E-state index in [0.717, 1.165) is 16.1 Å². The van der Waals surface area contributed by atoms with Crippen LogP contribution >= 0.6 is 27.5 Å². The zero-order valence-electron chi connectivity index (χ0n) is 9.03. The van der Waals surface area contributed by atoms with Crippen molar-refractivity contribution in [2.45, 2.75) is 0 Å². The van der Waals surface area contributed by atoms with Gasteiger partial charge in [-0.3, -0.25) is 4.57 Å². The highest BCUT2D eigenvalue weighted by Gasteiger charge is 2.07. The molecule has 1 heterocycles. The normalized spacial score (nSPS) is 10.2. The number of rotatable bonds is 4. The van der Waals surface area contributed by atoms with Crippen molar-refractivity contribution in [1.82, 2.24) is 9.55 Å². The zero-order valence-corrected chi connectivity index (χ0v) is 11.4. The first-order valence-corrected chi connectivity index (χ1v) is 6.23. The molecule has 0 bridgehead atoms. The van der Waals surface area contributed by atoms with Gasteiger partial charge in [0.2, 0.25) is 5.95 Å². The number of nitrogens with zero attached hydrogens (tertiary/aromatic N) is 2. The van der Waals surface area contributed by atoms with E-state index in [0.29, 0.717) is 11.6 Å². The summed E-state index contributed by atoms with van der Waals surface area (Å²) in [6, 6.07) is 5.63. The Labute approximate surface area is 113 Å². The van der Waals surface area contributed by atoms with Gasteiger partial charge in [0, 0.05) is 28.4 Å². The number of hydrogen-bond donors (Lipinski definition) is 1. The minimum absolute atomic E-state index is 0.662. The van der Waals surface area contributed by atoms with E-state index >= 15 is 0 Å². The maximum absolute atomic E-state index is 6.00. The maximum Gasteiger partial charge on any atom is 0.207 e. The highest BCUT2D eigenvalue weighted by atomic mass is 79.9. The summed E-state index contributed by atoms with van der Waals surface area (Å²) in [6.07, 6.45) is 5.40. The summed E-state index contributed by atoms with van der Waals surface area (Å²) in [6.45, 7) is 4.33. The molecule has 0 atom stereocenters. The molecular weight excluding hydrogens is 302 g/mol. The third-order valence-electron chi connectivity index (χ3n) is 2.21. The van der Waals surface area contributed by atoms with Crippen molar-refractivity contribution in [2.24, 2.45) is 0 Å². The lowest BCUT2D eigenvalue weighted by Gasteiger charge is -2.10. The van der Waals surface area contributed by atoms with Gasteiger partial charge in [0.1, 0.15) is 0 Å². The number of nitrogens with one attached hydrogen (secondary N) is 1. The van der Waals surface area contributed by atoms with Crippen LogP contribution in [0.4, 0.5) is 5.95 Å². The lowest BCUT2D eigenvalue weighted by atomic mass is 10.3. The van der Waals surface area contributed by atoms with Crippen LogP contribution in [0, 0.1) is 0 Å². The van der Waals surface area contributed by atoms with Crippen LogP contribution in [0.2, 0.25) is 5.02 Å². The second-order valence-electron chi connectivity index (χ2n) is 3.39. The van der Waals surface area contributed by atoms with E-state index in [-0.39, 0.29) is 0 Å². The van der Waals surface area contributed by atoms with Gasteiger partial charge in [-0.25, -0.2) is 4.98 Å². The summed E-state index contributed by atoms with van der Waals surface area (Å²) in [4.78, 5) is 4.24. The molecule has 1 aromatic heterocycles. The second-order valence-corrected chi connectivity index (χ2v) is 4.68. The summed E-state index contributed by atoms with van der Waals surface area (Å²) in [5.41, 5.74) is 0.946. The number of benzene rings is 1. The average Bonchev–Trinajstić information content (AvgIpc) is 2.77. The molecule has 1 aromatic carbocycles. The lowest BCUT2D eigenvalue weighted by molar-refractivity contribution is 1.03. The van der Waals surface area contributed by atoms with Crippen LogP contribution < -0.4 is 5.32 Å². The molecule has 0 saturated carbocycles. The fourth-order valence-electron chi connectivity index (χ4n) is 1.46.